The van der Waals surface area contributed by atoms with E-state index in [1.165, 1.54) is 4.90 Å². The van der Waals surface area contributed by atoms with Gasteiger partial charge in [-0.1, -0.05) is 19.4 Å². The molecule has 2 atom stereocenters. The van der Waals surface area contributed by atoms with E-state index in [9.17, 15) is 9.59 Å². The predicted molar refractivity (Wildman–Crippen MR) is 113 cm³/mol. The number of hydrogen-bond acceptors (Lipinski definition) is 4. The van der Waals surface area contributed by atoms with Gasteiger partial charge in [0.05, 0.1) is 45.6 Å². The van der Waals surface area contributed by atoms with Crippen LogP contribution in [0.1, 0.15) is 25.3 Å². The zero-order chi connectivity index (χ0) is 19.8. The molecular weight excluding hydrogens is 359 g/mol. The Morgan fingerprint density at radius 3 is 2.59 bits per heavy atom. The van der Waals surface area contributed by atoms with Gasteiger partial charge in [0.1, 0.15) is 11.5 Å². The summed E-state index contributed by atoms with van der Waals surface area (Å²) in [7, 11) is 6.21. The van der Waals surface area contributed by atoms with Crippen LogP contribution in [-0.4, -0.2) is 73.2 Å². The standard InChI is InChI=1S/C20H30N4O2P/c1-6-7-10-22-16-9-8-14(2)13-15(16)21-17-18(25)23(11-12-24(3,4)5)20(26)27-19(17)22/h8-9,13,19,27H,6-7,10-12H2,1-5H3/q+1. The first-order valence-electron chi connectivity index (χ1n) is 9.60. The third kappa shape index (κ3) is 4.22. The zero-order valence-electron chi connectivity index (χ0n) is 17.0. The van der Waals surface area contributed by atoms with Gasteiger partial charge in [-0.25, -0.2) is 4.99 Å². The Balaban J connectivity index is 1.95. The number of likely N-dealkylation sites (N-methyl/N-ethyl adjacent to an activating group) is 1. The van der Waals surface area contributed by atoms with Crippen molar-refractivity contribution in [1.82, 2.24) is 4.90 Å². The van der Waals surface area contributed by atoms with Gasteiger partial charge in [-0.3, -0.25) is 14.5 Å². The molecule has 0 bridgehead atoms. The van der Waals surface area contributed by atoms with Crippen LogP contribution < -0.4 is 4.90 Å². The maximum atomic E-state index is 13.1. The topological polar surface area (TPSA) is 53.0 Å². The van der Waals surface area contributed by atoms with Gasteiger partial charge in [-0.05, 0) is 31.0 Å². The number of anilines is 1. The van der Waals surface area contributed by atoms with E-state index in [0.717, 1.165) is 42.9 Å². The van der Waals surface area contributed by atoms with Crippen molar-refractivity contribution >= 4 is 37.2 Å². The molecule has 2 aliphatic rings. The van der Waals surface area contributed by atoms with Crippen molar-refractivity contribution in [2.75, 3.05) is 45.7 Å². The van der Waals surface area contributed by atoms with Crippen LogP contribution in [0.3, 0.4) is 0 Å². The van der Waals surface area contributed by atoms with Gasteiger partial charge >= 0.3 is 0 Å². The Hall–Kier alpha value is -1.78. The number of nitrogens with zero attached hydrogens (tertiary/aromatic N) is 4. The molecule has 0 radical (unpaired) electrons. The predicted octanol–water partition coefficient (Wildman–Crippen LogP) is 3.36. The molecular formula is C20H30N4O2P+. The highest BCUT2D eigenvalue weighted by Crippen LogP contribution is 2.43. The number of aliphatic imine (C=N–C) groups is 1. The van der Waals surface area contributed by atoms with E-state index in [0.29, 0.717) is 16.7 Å². The molecule has 2 amide bonds. The molecule has 2 aliphatic heterocycles. The van der Waals surface area contributed by atoms with Gasteiger partial charge in [-0.2, -0.15) is 0 Å². The van der Waals surface area contributed by atoms with Gasteiger partial charge in [0.2, 0.25) is 5.65 Å². The first kappa shape index (κ1) is 20.0. The fourth-order valence-electron chi connectivity index (χ4n) is 3.36. The number of fused-ring (bicyclic) bond motifs is 2. The minimum atomic E-state index is -0.217. The summed E-state index contributed by atoms with van der Waals surface area (Å²) in [6.07, 6.45) is 2.09. The number of carbonyl (C=O) groups excluding carboxylic acids is 2. The van der Waals surface area contributed by atoms with Gasteiger partial charge in [0.25, 0.3) is 5.91 Å². The Bertz CT molecular complexity index is 785. The van der Waals surface area contributed by atoms with Gasteiger partial charge in [0.15, 0.2) is 0 Å². The average molecular weight is 389 g/mol. The first-order valence-corrected chi connectivity index (χ1v) is 10.7. The van der Waals surface area contributed by atoms with Crippen LogP contribution in [0.4, 0.5) is 16.2 Å². The van der Waals surface area contributed by atoms with Crippen molar-refractivity contribution in [3.05, 3.63) is 23.8 Å². The fourth-order valence-corrected chi connectivity index (χ4v) is 4.71. The van der Waals surface area contributed by atoms with Crippen LogP contribution in [0.2, 0.25) is 0 Å². The number of rotatable bonds is 6. The van der Waals surface area contributed by atoms with Crippen molar-refractivity contribution in [3.8, 4) is 0 Å². The second kappa shape index (κ2) is 7.69. The van der Waals surface area contributed by atoms with Crippen molar-refractivity contribution in [1.29, 1.82) is 0 Å². The summed E-state index contributed by atoms with van der Waals surface area (Å²) in [5.74, 6) is -0.432. The monoisotopic (exact) mass is 389 g/mol. The van der Waals surface area contributed by atoms with E-state index >= 15 is 0 Å². The lowest BCUT2D eigenvalue weighted by molar-refractivity contribution is -0.869. The molecule has 3 rings (SSSR count). The van der Waals surface area contributed by atoms with Gasteiger partial charge in [-0.15, -0.1) is 0 Å². The molecule has 0 N–H and O–H groups in total. The molecule has 27 heavy (non-hydrogen) atoms. The quantitative estimate of drug-likeness (QED) is 0.554. The molecule has 0 saturated carbocycles. The Morgan fingerprint density at radius 2 is 1.93 bits per heavy atom. The van der Waals surface area contributed by atoms with Crippen LogP contribution in [-0.2, 0) is 4.79 Å². The van der Waals surface area contributed by atoms with E-state index in [1.54, 1.807) is 0 Å². The molecule has 0 aliphatic carbocycles. The second-order valence-electron chi connectivity index (χ2n) is 8.36. The molecule has 2 heterocycles. The van der Waals surface area contributed by atoms with Crippen LogP contribution in [0, 0.1) is 6.92 Å². The molecule has 7 heteroatoms. The molecule has 0 spiro atoms. The normalized spacial score (nSPS) is 20.6. The molecule has 6 nitrogen and oxygen atoms in total. The number of aryl methyl sites for hydroxylation is 1. The van der Waals surface area contributed by atoms with E-state index in [1.807, 2.05) is 13.0 Å². The highest BCUT2D eigenvalue weighted by molar-refractivity contribution is 7.60. The van der Waals surface area contributed by atoms with Crippen LogP contribution in [0.15, 0.2) is 23.2 Å². The second-order valence-corrected chi connectivity index (χ2v) is 9.62. The maximum Gasteiger partial charge on any atom is 0.277 e. The van der Waals surface area contributed by atoms with Crippen molar-refractivity contribution in [2.45, 2.75) is 32.5 Å². The van der Waals surface area contributed by atoms with E-state index < -0.39 is 0 Å². The minimum absolute atomic E-state index is 0.0198. The Labute approximate surface area is 163 Å². The SMILES string of the molecule is CCCCN1c2ccc(C)cc2N=C2C(=O)N(CC[N+](C)(C)C)C(=O)PC21. The summed E-state index contributed by atoms with van der Waals surface area (Å²) < 4.78 is 0.709. The Morgan fingerprint density at radius 1 is 1.19 bits per heavy atom. The lowest BCUT2D eigenvalue weighted by Crippen LogP contribution is -2.56. The summed E-state index contributed by atoms with van der Waals surface area (Å²) in [6.45, 7) is 6.19. The summed E-state index contributed by atoms with van der Waals surface area (Å²) in [6, 6.07) is 6.17. The third-order valence-electron chi connectivity index (χ3n) is 4.97. The van der Waals surface area contributed by atoms with Crippen molar-refractivity contribution in [2.24, 2.45) is 4.99 Å². The molecule has 1 aromatic rings. The molecule has 1 aromatic carbocycles. The summed E-state index contributed by atoms with van der Waals surface area (Å²) in [5.41, 5.74) is 3.47. The molecule has 2 unspecified atom stereocenters. The maximum absolute atomic E-state index is 13.1. The summed E-state index contributed by atoms with van der Waals surface area (Å²) >= 11 is 0. The number of imide groups is 1. The lowest BCUT2D eigenvalue weighted by Gasteiger charge is -2.42. The number of carbonyl (C=O) groups is 2. The molecule has 0 aromatic heterocycles. The number of hydrogen-bond donors (Lipinski definition) is 0. The zero-order valence-corrected chi connectivity index (χ0v) is 18.0. The highest BCUT2D eigenvalue weighted by Gasteiger charge is 2.44. The number of benzene rings is 1. The molecule has 1 saturated heterocycles. The van der Waals surface area contributed by atoms with Crippen molar-refractivity contribution < 1.29 is 14.1 Å². The van der Waals surface area contributed by atoms with E-state index in [4.69, 9.17) is 4.99 Å². The summed E-state index contributed by atoms with van der Waals surface area (Å²) in [5, 5.41) is 0. The Kier molecular flexibility index (Phi) is 5.68. The highest BCUT2D eigenvalue weighted by atomic mass is 31.1. The number of amides is 2. The minimum Gasteiger partial charge on any atom is -0.357 e. The van der Waals surface area contributed by atoms with Crippen LogP contribution in [0.25, 0.3) is 0 Å². The van der Waals surface area contributed by atoms with Crippen LogP contribution in [0.5, 0.6) is 0 Å². The molecule has 146 valence electrons. The van der Waals surface area contributed by atoms with E-state index in [-0.39, 0.29) is 25.9 Å². The van der Waals surface area contributed by atoms with Crippen LogP contribution >= 0.6 is 8.58 Å². The largest absolute Gasteiger partial charge is 0.357 e. The fraction of sp³-hybridized carbons (Fsp3) is 0.550. The number of quaternary nitrogens is 1. The number of unbranched alkanes of at least 4 members (excludes halogenated alkanes) is 1. The smallest absolute Gasteiger partial charge is 0.277 e. The van der Waals surface area contributed by atoms with Gasteiger partial charge in [0, 0.05) is 15.1 Å². The molecule has 1 fully saturated rings. The third-order valence-corrected chi connectivity index (χ3v) is 6.34. The lowest BCUT2D eigenvalue weighted by atomic mass is 10.1. The van der Waals surface area contributed by atoms with Crippen molar-refractivity contribution in [3.63, 3.8) is 0 Å². The van der Waals surface area contributed by atoms with Gasteiger partial charge < -0.3 is 9.38 Å². The van der Waals surface area contributed by atoms with E-state index in [2.05, 4.69) is 45.1 Å². The average Bonchev–Trinajstić information content (AvgIpc) is 2.58. The first-order chi connectivity index (χ1) is 12.7. The summed E-state index contributed by atoms with van der Waals surface area (Å²) in [4.78, 5) is 34.3.